The Morgan fingerprint density at radius 2 is 2.24 bits per heavy atom. The minimum absolute atomic E-state index is 0.103. The van der Waals surface area contributed by atoms with E-state index < -0.39 is 0 Å². The normalized spacial score (nSPS) is 22.3. The van der Waals surface area contributed by atoms with E-state index in [1.54, 1.807) is 0 Å². The van der Waals surface area contributed by atoms with Crippen LogP contribution >= 0.6 is 0 Å². The van der Waals surface area contributed by atoms with Gasteiger partial charge < -0.3 is 15.6 Å². The van der Waals surface area contributed by atoms with Crippen LogP contribution in [0.15, 0.2) is 30.5 Å². The van der Waals surface area contributed by atoms with E-state index in [0.717, 1.165) is 36.1 Å². The van der Waals surface area contributed by atoms with Crippen molar-refractivity contribution in [1.82, 2.24) is 15.6 Å². The van der Waals surface area contributed by atoms with Crippen molar-refractivity contribution in [1.29, 1.82) is 0 Å². The Morgan fingerprint density at radius 1 is 1.38 bits per heavy atom. The number of amides is 1. The van der Waals surface area contributed by atoms with Gasteiger partial charge in [0, 0.05) is 30.2 Å². The van der Waals surface area contributed by atoms with E-state index in [9.17, 15) is 4.79 Å². The number of hydrogen-bond donors (Lipinski definition) is 3. The minimum Gasteiger partial charge on any atom is -0.361 e. The molecule has 1 unspecified atom stereocenters. The summed E-state index contributed by atoms with van der Waals surface area (Å²) in [6.07, 6.45) is 4.74. The number of piperidine rings is 1. The van der Waals surface area contributed by atoms with E-state index in [-0.39, 0.29) is 11.3 Å². The number of para-hydroxylation sites is 1. The minimum atomic E-state index is 0.103. The monoisotopic (exact) mass is 285 g/mol. The summed E-state index contributed by atoms with van der Waals surface area (Å²) < 4.78 is 0. The molecule has 1 fully saturated rings. The Hall–Kier alpha value is -1.81. The molecule has 1 amide bonds. The van der Waals surface area contributed by atoms with E-state index in [1.165, 1.54) is 12.8 Å². The third-order valence-corrected chi connectivity index (χ3v) is 4.42. The van der Waals surface area contributed by atoms with Gasteiger partial charge in [0.1, 0.15) is 0 Å². The van der Waals surface area contributed by atoms with Crippen molar-refractivity contribution < 1.29 is 4.79 Å². The first-order chi connectivity index (χ1) is 10.2. The maximum atomic E-state index is 12.2. The third kappa shape index (κ3) is 3.27. The van der Waals surface area contributed by atoms with Crippen LogP contribution in [0, 0.1) is 5.41 Å². The van der Waals surface area contributed by atoms with Crippen LogP contribution in [0.4, 0.5) is 0 Å². The van der Waals surface area contributed by atoms with Crippen LogP contribution in [0.1, 0.15) is 25.3 Å². The fraction of sp³-hybridized carbons (Fsp3) is 0.471. The number of benzene rings is 1. The van der Waals surface area contributed by atoms with Crippen molar-refractivity contribution >= 4 is 16.8 Å². The summed E-state index contributed by atoms with van der Waals surface area (Å²) in [5.41, 5.74) is 2.34. The summed E-state index contributed by atoms with van der Waals surface area (Å²) in [6.45, 7) is 5.07. The van der Waals surface area contributed by atoms with Gasteiger partial charge >= 0.3 is 0 Å². The molecule has 3 rings (SSSR count). The standard InChI is InChI=1S/C17H23N3O/c1-17(7-4-8-18-11-17)12-20-16(21)9-13-10-19-15-6-3-2-5-14(13)15/h2-3,5-6,10,18-19H,4,7-9,11-12H2,1H3,(H,20,21). The molecule has 2 heterocycles. The lowest BCUT2D eigenvalue weighted by atomic mass is 9.83. The summed E-state index contributed by atoms with van der Waals surface area (Å²) in [5, 5.41) is 7.65. The molecule has 1 saturated heterocycles. The Labute approximate surface area is 125 Å². The zero-order valence-corrected chi connectivity index (χ0v) is 12.5. The largest absolute Gasteiger partial charge is 0.361 e. The summed E-state index contributed by atoms with van der Waals surface area (Å²) in [4.78, 5) is 15.4. The lowest BCUT2D eigenvalue weighted by Crippen LogP contribution is -2.45. The molecule has 1 aromatic carbocycles. The summed E-state index contributed by atoms with van der Waals surface area (Å²) >= 11 is 0. The van der Waals surface area contributed by atoms with Crippen molar-refractivity contribution in [2.75, 3.05) is 19.6 Å². The molecule has 2 aromatic rings. The first kappa shape index (κ1) is 14.1. The topological polar surface area (TPSA) is 56.9 Å². The molecule has 3 N–H and O–H groups in total. The summed E-state index contributed by atoms with van der Waals surface area (Å²) in [6, 6.07) is 8.10. The van der Waals surface area contributed by atoms with Gasteiger partial charge in [-0.1, -0.05) is 25.1 Å². The third-order valence-electron chi connectivity index (χ3n) is 4.42. The number of hydrogen-bond acceptors (Lipinski definition) is 2. The van der Waals surface area contributed by atoms with E-state index in [1.807, 2.05) is 24.4 Å². The van der Waals surface area contributed by atoms with Crippen LogP contribution in [0.25, 0.3) is 10.9 Å². The summed E-state index contributed by atoms with van der Waals surface area (Å²) in [7, 11) is 0. The highest BCUT2D eigenvalue weighted by Crippen LogP contribution is 2.24. The molecule has 0 spiro atoms. The van der Waals surface area contributed by atoms with Gasteiger partial charge in [0.2, 0.25) is 5.91 Å². The van der Waals surface area contributed by atoms with Crippen molar-refractivity contribution in [3.63, 3.8) is 0 Å². The van der Waals surface area contributed by atoms with Crippen molar-refractivity contribution in [3.05, 3.63) is 36.0 Å². The number of carbonyl (C=O) groups excluding carboxylic acids is 1. The van der Waals surface area contributed by atoms with Gasteiger partial charge in [-0.15, -0.1) is 0 Å². The molecular weight excluding hydrogens is 262 g/mol. The quantitative estimate of drug-likeness (QED) is 0.807. The first-order valence-electron chi connectivity index (χ1n) is 7.69. The molecule has 112 valence electrons. The Bertz CT molecular complexity index is 626. The van der Waals surface area contributed by atoms with Gasteiger partial charge in [-0.2, -0.15) is 0 Å². The van der Waals surface area contributed by atoms with Crippen molar-refractivity contribution in [2.24, 2.45) is 5.41 Å². The second-order valence-electron chi connectivity index (χ2n) is 6.40. The van der Waals surface area contributed by atoms with Crippen molar-refractivity contribution in [3.8, 4) is 0 Å². The van der Waals surface area contributed by atoms with Gasteiger partial charge in [0.25, 0.3) is 0 Å². The van der Waals surface area contributed by atoms with E-state index >= 15 is 0 Å². The maximum Gasteiger partial charge on any atom is 0.224 e. The van der Waals surface area contributed by atoms with Crippen LogP contribution in [-0.4, -0.2) is 30.5 Å². The zero-order valence-electron chi connectivity index (χ0n) is 12.5. The second kappa shape index (κ2) is 5.90. The van der Waals surface area contributed by atoms with Gasteiger partial charge in [-0.25, -0.2) is 0 Å². The number of rotatable bonds is 4. The van der Waals surface area contributed by atoms with Crippen LogP contribution in [0.5, 0.6) is 0 Å². The number of aromatic nitrogens is 1. The van der Waals surface area contributed by atoms with E-state index in [2.05, 4.69) is 28.6 Å². The highest BCUT2D eigenvalue weighted by molar-refractivity contribution is 5.88. The number of carbonyl (C=O) groups is 1. The Morgan fingerprint density at radius 3 is 3.05 bits per heavy atom. The predicted molar refractivity (Wildman–Crippen MR) is 85.2 cm³/mol. The highest BCUT2D eigenvalue weighted by atomic mass is 16.1. The van der Waals surface area contributed by atoms with Crippen LogP contribution < -0.4 is 10.6 Å². The molecule has 0 radical (unpaired) electrons. The smallest absolute Gasteiger partial charge is 0.224 e. The average molecular weight is 285 g/mol. The molecule has 0 bridgehead atoms. The molecule has 4 nitrogen and oxygen atoms in total. The first-order valence-corrected chi connectivity index (χ1v) is 7.69. The SMILES string of the molecule is CC1(CNC(=O)Cc2c[nH]c3ccccc23)CCCNC1. The molecule has 0 aliphatic carbocycles. The van der Waals surface area contributed by atoms with Crippen LogP contribution in [-0.2, 0) is 11.2 Å². The van der Waals surface area contributed by atoms with Gasteiger partial charge in [0.15, 0.2) is 0 Å². The molecule has 21 heavy (non-hydrogen) atoms. The van der Waals surface area contributed by atoms with Gasteiger partial charge in [-0.05, 0) is 36.4 Å². The van der Waals surface area contributed by atoms with Gasteiger partial charge in [-0.3, -0.25) is 4.79 Å². The number of H-pyrrole nitrogens is 1. The number of nitrogens with one attached hydrogen (secondary N) is 3. The lowest BCUT2D eigenvalue weighted by Gasteiger charge is -2.34. The highest BCUT2D eigenvalue weighted by Gasteiger charge is 2.27. The van der Waals surface area contributed by atoms with Crippen LogP contribution in [0.3, 0.4) is 0 Å². The Balaban J connectivity index is 1.59. The molecule has 1 aliphatic rings. The molecule has 1 atom stereocenters. The fourth-order valence-electron chi connectivity index (χ4n) is 3.09. The van der Waals surface area contributed by atoms with Gasteiger partial charge in [0.05, 0.1) is 6.42 Å². The number of aromatic amines is 1. The lowest BCUT2D eigenvalue weighted by molar-refractivity contribution is -0.120. The molecular formula is C17H23N3O. The van der Waals surface area contributed by atoms with E-state index in [0.29, 0.717) is 6.42 Å². The number of fused-ring (bicyclic) bond motifs is 1. The molecule has 0 saturated carbocycles. The van der Waals surface area contributed by atoms with Crippen molar-refractivity contribution in [2.45, 2.75) is 26.2 Å². The van der Waals surface area contributed by atoms with E-state index in [4.69, 9.17) is 0 Å². The zero-order chi connectivity index (χ0) is 14.7. The molecule has 1 aromatic heterocycles. The average Bonchev–Trinajstić information content (AvgIpc) is 2.90. The fourth-order valence-corrected chi connectivity index (χ4v) is 3.09. The van der Waals surface area contributed by atoms with Crippen LogP contribution in [0.2, 0.25) is 0 Å². The summed E-state index contributed by atoms with van der Waals surface area (Å²) in [5.74, 6) is 0.103. The maximum absolute atomic E-state index is 12.2. The molecule has 1 aliphatic heterocycles. The Kier molecular flexibility index (Phi) is 3.97. The molecule has 4 heteroatoms. The predicted octanol–water partition coefficient (Wildman–Crippen LogP) is 2.22. The second-order valence-corrected chi connectivity index (χ2v) is 6.40.